The number of hydrogen-bond donors (Lipinski definition) is 1. The van der Waals surface area contributed by atoms with E-state index in [0.29, 0.717) is 23.5 Å². The Balaban J connectivity index is 1.27. The van der Waals surface area contributed by atoms with Crippen molar-refractivity contribution in [3.63, 3.8) is 0 Å². The van der Waals surface area contributed by atoms with E-state index in [4.69, 9.17) is 9.47 Å². The molecule has 0 aliphatic heterocycles. The summed E-state index contributed by atoms with van der Waals surface area (Å²) in [5.41, 5.74) is 2.55. The number of aliphatic hydroxyl groups is 1. The molecule has 0 spiro atoms. The lowest BCUT2D eigenvalue weighted by Crippen LogP contribution is -2.43. The first-order valence-corrected chi connectivity index (χ1v) is 11.3. The van der Waals surface area contributed by atoms with Gasteiger partial charge in [-0.15, -0.1) is 0 Å². The first kappa shape index (κ1) is 20.9. The molecule has 0 aromatic heterocycles. The molecule has 5 unspecified atom stereocenters. The molecule has 2 fully saturated rings. The van der Waals surface area contributed by atoms with Gasteiger partial charge in [0, 0.05) is 12.1 Å². The molecule has 2 aromatic carbocycles. The molecule has 7 nitrogen and oxygen atoms in total. The zero-order chi connectivity index (χ0) is 22.5. The van der Waals surface area contributed by atoms with Crippen LogP contribution in [0.15, 0.2) is 42.5 Å². The topological polar surface area (TPSA) is 98.9 Å². The van der Waals surface area contributed by atoms with E-state index in [9.17, 15) is 20.0 Å². The lowest BCUT2D eigenvalue weighted by Gasteiger charge is -2.50. The van der Waals surface area contributed by atoms with Crippen molar-refractivity contribution in [1.82, 2.24) is 0 Å². The van der Waals surface area contributed by atoms with E-state index in [2.05, 4.69) is 13.0 Å². The molecule has 7 heteroatoms. The number of aliphatic hydroxyl groups excluding tert-OH is 1. The number of nitro benzene ring substituents is 1. The normalized spacial score (nSPS) is 30.6. The number of nitro groups is 1. The van der Waals surface area contributed by atoms with Gasteiger partial charge in [-0.2, -0.15) is 0 Å². The highest BCUT2D eigenvalue weighted by atomic mass is 16.7. The molecule has 0 amide bonds. The Morgan fingerprint density at radius 3 is 2.53 bits per heavy atom. The van der Waals surface area contributed by atoms with Crippen LogP contribution in [0.5, 0.6) is 11.5 Å². The summed E-state index contributed by atoms with van der Waals surface area (Å²) in [6.07, 6.45) is 5.16. The average molecular weight is 437 g/mol. The van der Waals surface area contributed by atoms with E-state index in [1.54, 1.807) is 0 Å². The summed E-state index contributed by atoms with van der Waals surface area (Å²) < 4.78 is 10.5. The third kappa shape index (κ3) is 3.54. The van der Waals surface area contributed by atoms with Gasteiger partial charge in [0.05, 0.1) is 11.0 Å². The molecule has 5 rings (SSSR count). The number of aryl methyl sites for hydroxylation is 1. The SMILES string of the molecule is CC12CCC3c4ccc(OC(=O)Oc5ccc([N+](=O)[O-])cc5)cc4CCC3C1CCC2O. The number of rotatable bonds is 3. The maximum absolute atomic E-state index is 12.2. The first-order chi connectivity index (χ1) is 15.3. The van der Waals surface area contributed by atoms with Gasteiger partial charge in [0.25, 0.3) is 5.69 Å². The number of benzene rings is 2. The first-order valence-electron chi connectivity index (χ1n) is 11.3. The van der Waals surface area contributed by atoms with Gasteiger partial charge in [0.1, 0.15) is 11.5 Å². The fourth-order valence-corrected chi connectivity index (χ4v) is 6.44. The van der Waals surface area contributed by atoms with Crippen LogP contribution in [0.3, 0.4) is 0 Å². The van der Waals surface area contributed by atoms with Crippen molar-refractivity contribution in [2.75, 3.05) is 0 Å². The zero-order valence-electron chi connectivity index (χ0n) is 18.0. The van der Waals surface area contributed by atoms with E-state index in [1.807, 2.05) is 12.1 Å². The molecule has 2 saturated carbocycles. The average Bonchev–Trinajstić information content (AvgIpc) is 3.08. The molecule has 1 N–H and O–H groups in total. The van der Waals surface area contributed by atoms with Crippen LogP contribution in [0, 0.1) is 27.4 Å². The summed E-state index contributed by atoms with van der Waals surface area (Å²) in [4.78, 5) is 22.4. The molecule has 0 saturated heterocycles. The predicted octanol–water partition coefficient (Wildman–Crippen LogP) is 5.39. The van der Waals surface area contributed by atoms with Gasteiger partial charge >= 0.3 is 6.16 Å². The fraction of sp³-hybridized carbons (Fsp3) is 0.480. The van der Waals surface area contributed by atoms with E-state index >= 15 is 0 Å². The lowest BCUT2D eigenvalue weighted by atomic mass is 9.55. The molecule has 0 radical (unpaired) electrons. The monoisotopic (exact) mass is 437 g/mol. The summed E-state index contributed by atoms with van der Waals surface area (Å²) in [5.74, 6) is 2.31. The van der Waals surface area contributed by atoms with Crippen LogP contribution in [0.1, 0.15) is 56.1 Å². The molecule has 32 heavy (non-hydrogen) atoms. The number of ether oxygens (including phenoxy) is 2. The molecule has 3 aliphatic carbocycles. The van der Waals surface area contributed by atoms with Crippen LogP contribution in [-0.4, -0.2) is 22.3 Å². The highest BCUT2D eigenvalue weighted by molar-refractivity contribution is 5.67. The Morgan fingerprint density at radius 1 is 1.06 bits per heavy atom. The molecule has 168 valence electrons. The molecule has 3 aliphatic rings. The Morgan fingerprint density at radius 2 is 1.78 bits per heavy atom. The van der Waals surface area contributed by atoms with Gasteiger partial charge in [-0.1, -0.05) is 13.0 Å². The number of non-ortho nitro benzene ring substituents is 1. The highest BCUT2D eigenvalue weighted by Gasteiger charge is 2.54. The second kappa shape index (κ2) is 7.89. The zero-order valence-corrected chi connectivity index (χ0v) is 18.0. The minimum atomic E-state index is -0.874. The maximum Gasteiger partial charge on any atom is 0.519 e. The molecule has 0 bridgehead atoms. The number of nitrogens with zero attached hydrogens (tertiary/aromatic N) is 1. The van der Waals surface area contributed by atoms with E-state index < -0.39 is 11.1 Å². The summed E-state index contributed by atoms with van der Waals surface area (Å²) >= 11 is 0. The third-order valence-corrected chi connectivity index (χ3v) is 8.10. The summed E-state index contributed by atoms with van der Waals surface area (Å²) in [6, 6.07) is 11.1. The van der Waals surface area contributed by atoms with Crippen LogP contribution in [-0.2, 0) is 6.42 Å². The van der Waals surface area contributed by atoms with Crippen LogP contribution >= 0.6 is 0 Å². The predicted molar refractivity (Wildman–Crippen MR) is 117 cm³/mol. The third-order valence-electron chi connectivity index (χ3n) is 8.10. The molecule has 5 atom stereocenters. The smallest absolute Gasteiger partial charge is 0.395 e. The van der Waals surface area contributed by atoms with Crippen LogP contribution < -0.4 is 9.47 Å². The maximum atomic E-state index is 12.2. The van der Waals surface area contributed by atoms with E-state index in [1.165, 1.54) is 35.4 Å². The van der Waals surface area contributed by atoms with Crippen LogP contribution in [0.2, 0.25) is 0 Å². The summed E-state index contributed by atoms with van der Waals surface area (Å²) in [6.45, 7) is 2.27. The highest BCUT2D eigenvalue weighted by Crippen LogP contribution is 2.60. The molecule has 2 aromatic rings. The number of carbonyl (C=O) groups excluding carboxylic acids is 1. The van der Waals surface area contributed by atoms with Gasteiger partial charge in [0.15, 0.2) is 0 Å². The standard InChI is InChI=1S/C25H27NO6/c1-25-13-12-20-19-9-7-18(14-15(19)2-8-21(20)22(25)10-11-23(25)27)32-24(28)31-17-5-3-16(4-6-17)26(29)30/h3-7,9,14,20-23,27H,2,8,10-13H2,1H3. The Hall–Kier alpha value is -2.93. The summed E-state index contributed by atoms with van der Waals surface area (Å²) in [5, 5.41) is 21.3. The quantitative estimate of drug-likeness (QED) is 0.299. The summed E-state index contributed by atoms with van der Waals surface area (Å²) in [7, 11) is 0. The van der Waals surface area contributed by atoms with Gasteiger partial charge in [-0.3, -0.25) is 10.1 Å². The van der Waals surface area contributed by atoms with Crippen LogP contribution in [0.25, 0.3) is 0 Å². The number of fused-ring (bicyclic) bond motifs is 5. The molecule has 0 heterocycles. The van der Waals surface area contributed by atoms with Gasteiger partial charge in [-0.25, -0.2) is 4.79 Å². The van der Waals surface area contributed by atoms with Crippen molar-refractivity contribution in [1.29, 1.82) is 0 Å². The van der Waals surface area contributed by atoms with Gasteiger partial charge in [-0.05, 0) is 97.1 Å². The second-order valence-electron chi connectivity index (χ2n) is 9.62. The molecular formula is C25H27NO6. The Bertz CT molecular complexity index is 1050. The van der Waals surface area contributed by atoms with Crippen molar-refractivity contribution < 1.29 is 24.3 Å². The van der Waals surface area contributed by atoms with Crippen molar-refractivity contribution in [3.05, 3.63) is 63.7 Å². The Labute approximate surface area is 186 Å². The van der Waals surface area contributed by atoms with Gasteiger partial charge in [0.2, 0.25) is 0 Å². The number of carbonyl (C=O) groups is 1. The van der Waals surface area contributed by atoms with Crippen molar-refractivity contribution >= 4 is 11.8 Å². The minimum Gasteiger partial charge on any atom is -0.395 e. The van der Waals surface area contributed by atoms with Crippen LogP contribution in [0.4, 0.5) is 10.5 Å². The van der Waals surface area contributed by atoms with Crippen molar-refractivity contribution in [3.8, 4) is 11.5 Å². The van der Waals surface area contributed by atoms with E-state index in [0.717, 1.165) is 38.5 Å². The lowest BCUT2D eigenvalue weighted by molar-refractivity contribution is -0.384. The largest absolute Gasteiger partial charge is 0.519 e. The van der Waals surface area contributed by atoms with Gasteiger partial charge < -0.3 is 14.6 Å². The Kier molecular flexibility index (Phi) is 5.16. The fourth-order valence-electron chi connectivity index (χ4n) is 6.44. The minimum absolute atomic E-state index is 0.0589. The van der Waals surface area contributed by atoms with Crippen molar-refractivity contribution in [2.45, 2.75) is 57.5 Å². The number of hydrogen-bond acceptors (Lipinski definition) is 6. The molecular weight excluding hydrogens is 410 g/mol. The van der Waals surface area contributed by atoms with E-state index in [-0.39, 0.29) is 23.0 Å². The van der Waals surface area contributed by atoms with Crippen molar-refractivity contribution in [2.24, 2.45) is 17.3 Å². The second-order valence-corrected chi connectivity index (χ2v) is 9.62.